The third kappa shape index (κ3) is 3.54. The molecule has 0 N–H and O–H groups in total. The number of hydrogen-bond donors (Lipinski definition) is 0. The van der Waals surface area contributed by atoms with Gasteiger partial charge in [0, 0.05) is 11.8 Å². The van der Waals surface area contributed by atoms with Gasteiger partial charge in [-0.2, -0.15) is 5.10 Å². The number of benzene rings is 1. The summed E-state index contributed by atoms with van der Waals surface area (Å²) in [5.74, 6) is 0.527. The highest BCUT2D eigenvalue weighted by atomic mass is 32.2. The Hall–Kier alpha value is -2.88. The molecule has 0 saturated carbocycles. The molecule has 1 unspecified atom stereocenters. The van der Waals surface area contributed by atoms with Crippen LogP contribution >= 0.6 is 0 Å². The highest BCUT2D eigenvalue weighted by molar-refractivity contribution is 7.94. The van der Waals surface area contributed by atoms with Gasteiger partial charge in [0.05, 0.1) is 11.4 Å². The monoisotopic (exact) mass is 374 g/mol. The minimum atomic E-state index is -3.15. The minimum absolute atomic E-state index is 0.0431. The number of rotatable bonds is 5. The van der Waals surface area contributed by atoms with Crippen LogP contribution in [0.1, 0.15) is 11.6 Å². The molecule has 1 aromatic carbocycles. The molecule has 3 heterocycles. The number of allylic oxidation sites excluding steroid dienone is 1. The Kier molecular flexibility index (Phi) is 4.11. The summed E-state index contributed by atoms with van der Waals surface area (Å²) in [4.78, 5) is 8.40. The first-order valence-corrected chi connectivity index (χ1v) is 9.64. The second kappa shape index (κ2) is 6.45. The van der Waals surface area contributed by atoms with E-state index in [9.17, 15) is 12.8 Å². The van der Waals surface area contributed by atoms with Crippen LogP contribution in [0.3, 0.4) is 0 Å². The van der Waals surface area contributed by atoms with Crippen molar-refractivity contribution in [2.75, 3.05) is 5.75 Å². The zero-order valence-electron chi connectivity index (χ0n) is 13.6. The van der Waals surface area contributed by atoms with E-state index in [2.05, 4.69) is 20.2 Å². The van der Waals surface area contributed by atoms with Gasteiger partial charge in [0.25, 0.3) is 0 Å². The molecular weight excluding hydrogens is 359 g/mol. The molecule has 4 rings (SSSR count). The molecule has 26 heavy (non-hydrogen) atoms. The van der Waals surface area contributed by atoms with Gasteiger partial charge in [-0.1, -0.05) is 12.1 Å². The van der Waals surface area contributed by atoms with Gasteiger partial charge in [-0.15, -0.1) is 5.10 Å². The lowest BCUT2D eigenvalue weighted by Gasteiger charge is -2.08. The van der Waals surface area contributed by atoms with Gasteiger partial charge < -0.3 is 0 Å². The van der Waals surface area contributed by atoms with Crippen molar-refractivity contribution in [1.29, 1.82) is 0 Å². The molecule has 3 aromatic rings. The first-order valence-electron chi connectivity index (χ1n) is 7.93. The number of aromatic nitrogens is 6. The normalized spacial score (nSPS) is 18.4. The Morgan fingerprint density at radius 3 is 2.88 bits per heavy atom. The SMILES string of the molecule is O=S1(=O)C=CC(Cc2nc(Cn3cncn3)nn2-c2cccc(F)c2)C1. The van der Waals surface area contributed by atoms with E-state index in [1.807, 2.05) is 0 Å². The molecule has 0 radical (unpaired) electrons. The van der Waals surface area contributed by atoms with Crippen LogP contribution in [0.25, 0.3) is 5.69 Å². The van der Waals surface area contributed by atoms with E-state index in [0.717, 1.165) is 0 Å². The summed E-state index contributed by atoms with van der Waals surface area (Å²) in [6, 6.07) is 6.02. The average molecular weight is 374 g/mol. The van der Waals surface area contributed by atoms with Crippen LogP contribution in [-0.2, 0) is 22.8 Å². The summed E-state index contributed by atoms with van der Waals surface area (Å²) in [7, 11) is -3.15. The molecule has 0 amide bonds. The van der Waals surface area contributed by atoms with Gasteiger partial charge in [0.15, 0.2) is 15.7 Å². The molecule has 0 saturated heterocycles. The lowest BCUT2D eigenvalue weighted by molar-refractivity contribution is 0.593. The molecule has 2 aromatic heterocycles. The highest BCUT2D eigenvalue weighted by Crippen LogP contribution is 2.21. The summed E-state index contributed by atoms with van der Waals surface area (Å²) in [6.45, 7) is 0.314. The van der Waals surface area contributed by atoms with Crippen molar-refractivity contribution in [2.45, 2.75) is 13.0 Å². The molecule has 1 aliphatic heterocycles. The Bertz CT molecular complexity index is 1060. The van der Waals surface area contributed by atoms with Crippen LogP contribution in [-0.4, -0.2) is 43.7 Å². The molecule has 10 heteroatoms. The van der Waals surface area contributed by atoms with Gasteiger partial charge >= 0.3 is 0 Å². The Labute approximate surface area is 148 Å². The summed E-state index contributed by atoms with van der Waals surface area (Å²) in [5, 5.41) is 9.71. The quantitative estimate of drug-likeness (QED) is 0.665. The van der Waals surface area contributed by atoms with Crippen LogP contribution in [0.4, 0.5) is 4.39 Å². The third-order valence-corrected chi connectivity index (χ3v) is 5.45. The molecule has 1 atom stereocenters. The van der Waals surface area contributed by atoms with Crippen LogP contribution in [0.15, 0.2) is 48.4 Å². The molecule has 0 spiro atoms. The van der Waals surface area contributed by atoms with Crippen molar-refractivity contribution >= 4 is 9.84 Å². The Morgan fingerprint density at radius 1 is 1.31 bits per heavy atom. The predicted molar refractivity (Wildman–Crippen MR) is 90.6 cm³/mol. The zero-order valence-corrected chi connectivity index (χ0v) is 14.4. The minimum Gasteiger partial charge on any atom is -0.245 e. The fourth-order valence-corrected chi connectivity index (χ4v) is 4.27. The second-order valence-corrected chi connectivity index (χ2v) is 7.98. The number of nitrogens with zero attached hydrogens (tertiary/aromatic N) is 6. The van der Waals surface area contributed by atoms with Gasteiger partial charge in [-0.25, -0.2) is 32.1 Å². The summed E-state index contributed by atoms with van der Waals surface area (Å²) < 4.78 is 40.1. The van der Waals surface area contributed by atoms with Crippen molar-refractivity contribution in [2.24, 2.45) is 5.92 Å². The van der Waals surface area contributed by atoms with E-state index < -0.39 is 9.84 Å². The van der Waals surface area contributed by atoms with Gasteiger partial charge in [0.1, 0.15) is 30.8 Å². The van der Waals surface area contributed by atoms with E-state index in [1.165, 1.54) is 23.9 Å². The third-order valence-electron chi connectivity index (χ3n) is 3.99. The van der Waals surface area contributed by atoms with Gasteiger partial charge in [-0.05, 0) is 24.1 Å². The van der Waals surface area contributed by atoms with Crippen LogP contribution in [0, 0.1) is 11.7 Å². The van der Waals surface area contributed by atoms with Crippen molar-refractivity contribution < 1.29 is 12.8 Å². The van der Waals surface area contributed by atoms with Crippen molar-refractivity contribution in [3.05, 3.63) is 65.9 Å². The fourth-order valence-electron chi connectivity index (χ4n) is 2.87. The van der Waals surface area contributed by atoms with Crippen LogP contribution < -0.4 is 0 Å². The van der Waals surface area contributed by atoms with Gasteiger partial charge in [-0.3, -0.25) is 0 Å². The maximum absolute atomic E-state index is 13.6. The van der Waals surface area contributed by atoms with Crippen LogP contribution in [0.5, 0.6) is 0 Å². The van der Waals surface area contributed by atoms with E-state index in [4.69, 9.17) is 0 Å². The predicted octanol–water partition coefficient (Wildman–Crippen LogP) is 1.15. The maximum atomic E-state index is 13.6. The van der Waals surface area contributed by atoms with Crippen molar-refractivity contribution in [3.63, 3.8) is 0 Å². The first kappa shape index (κ1) is 16.6. The van der Waals surface area contributed by atoms with Crippen molar-refractivity contribution in [3.8, 4) is 5.69 Å². The molecule has 0 aliphatic carbocycles. The average Bonchev–Trinajstić information content (AvgIpc) is 3.30. The zero-order chi connectivity index (χ0) is 18.1. The van der Waals surface area contributed by atoms with E-state index in [-0.39, 0.29) is 17.5 Å². The lowest BCUT2D eigenvalue weighted by Crippen LogP contribution is -2.12. The summed E-state index contributed by atoms with van der Waals surface area (Å²) >= 11 is 0. The molecule has 0 bridgehead atoms. The van der Waals surface area contributed by atoms with Crippen molar-refractivity contribution in [1.82, 2.24) is 29.5 Å². The van der Waals surface area contributed by atoms with E-state index >= 15 is 0 Å². The largest absolute Gasteiger partial charge is 0.245 e. The molecule has 0 fully saturated rings. The topological polar surface area (TPSA) is 95.6 Å². The Balaban J connectivity index is 1.68. The molecule has 1 aliphatic rings. The highest BCUT2D eigenvalue weighted by Gasteiger charge is 2.24. The van der Waals surface area contributed by atoms with Gasteiger partial charge in [0.2, 0.25) is 0 Å². The lowest BCUT2D eigenvalue weighted by atomic mass is 10.1. The first-order chi connectivity index (χ1) is 12.5. The number of sulfone groups is 1. The molecule has 134 valence electrons. The molecular formula is C16H15FN6O2S. The summed E-state index contributed by atoms with van der Waals surface area (Å²) in [5.41, 5.74) is 0.530. The van der Waals surface area contributed by atoms with E-state index in [0.29, 0.717) is 30.3 Å². The Morgan fingerprint density at radius 2 is 2.19 bits per heavy atom. The van der Waals surface area contributed by atoms with E-state index in [1.54, 1.807) is 33.9 Å². The maximum Gasteiger partial charge on any atom is 0.172 e. The number of hydrogen-bond acceptors (Lipinski definition) is 6. The smallest absolute Gasteiger partial charge is 0.172 e. The standard InChI is InChI=1S/C16H15FN6O2S/c17-13-2-1-3-14(7-13)23-16(6-12-4-5-26(24,25)9-12)20-15(21-23)8-22-11-18-10-19-22/h1-5,7,10-12H,6,8-9H2. The number of halogens is 1. The molecule has 8 nitrogen and oxygen atoms in total. The van der Waals surface area contributed by atoms with Crippen LogP contribution in [0.2, 0.25) is 0 Å². The second-order valence-electron chi connectivity index (χ2n) is 6.05. The fraction of sp³-hybridized carbons (Fsp3) is 0.250. The summed E-state index contributed by atoms with van der Waals surface area (Å²) in [6.07, 6.45) is 5.02.